The van der Waals surface area contributed by atoms with Crippen LogP contribution in [0.25, 0.3) is 0 Å². The van der Waals surface area contributed by atoms with Crippen molar-refractivity contribution in [3.8, 4) is 0 Å². The number of carbonyl (C=O) groups excluding carboxylic acids is 2. The van der Waals surface area contributed by atoms with Crippen molar-refractivity contribution in [2.45, 2.75) is 0 Å². The van der Waals surface area contributed by atoms with Crippen molar-refractivity contribution in [3.63, 3.8) is 0 Å². The van der Waals surface area contributed by atoms with Crippen molar-refractivity contribution in [2.75, 3.05) is 26.9 Å². The standard InChI is InChI=1S/C6H10N2O4/c1-11-4-5(9)8-2-3-12-6(10)7-8/h2-4H2,1H3,(H,7,10). The Hall–Kier alpha value is -1.30. The maximum Gasteiger partial charge on any atom is 0.426 e. The van der Waals surface area contributed by atoms with Crippen molar-refractivity contribution < 1.29 is 19.1 Å². The minimum Gasteiger partial charge on any atom is -0.446 e. The molecule has 1 N–H and O–H groups in total. The van der Waals surface area contributed by atoms with E-state index >= 15 is 0 Å². The summed E-state index contributed by atoms with van der Waals surface area (Å²) >= 11 is 0. The fourth-order valence-corrected chi connectivity index (χ4v) is 0.816. The third kappa shape index (κ3) is 2.09. The number of nitrogens with zero attached hydrogens (tertiary/aromatic N) is 1. The van der Waals surface area contributed by atoms with E-state index in [1.807, 2.05) is 0 Å². The lowest BCUT2D eigenvalue weighted by atomic mass is 10.5. The number of amides is 2. The number of rotatable bonds is 2. The summed E-state index contributed by atoms with van der Waals surface area (Å²) in [5.74, 6) is -0.283. The second-order valence-corrected chi connectivity index (χ2v) is 2.23. The SMILES string of the molecule is COCC(=O)N1CCOC(=O)N1. The van der Waals surface area contributed by atoms with Gasteiger partial charge in [0.05, 0.1) is 6.54 Å². The van der Waals surface area contributed by atoms with Crippen LogP contribution >= 0.6 is 0 Å². The van der Waals surface area contributed by atoms with Gasteiger partial charge in [0, 0.05) is 7.11 Å². The van der Waals surface area contributed by atoms with Gasteiger partial charge < -0.3 is 9.47 Å². The number of ether oxygens (including phenoxy) is 2. The molecule has 0 radical (unpaired) electrons. The largest absolute Gasteiger partial charge is 0.446 e. The summed E-state index contributed by atoms with van der Waals surface area (Å²) in [6.45, 7) is 0.537. The first-order valence-electron chi connectivity index (χ1n) is 3.46. The average Bonchev–Trinajstić information content (AvgIpc) is 2.05. The van der Waals surface area contributed by atoms with Crippen LogP contribution in [0.1, 0.15) is 0 Å². The highest BCUT2D eigenvalue weighted by atomic mass is 16.6. The second-order valence-electron chi connectivity index (χ2n) is 2.23. The van der Waals surface area contributed by atoms with Gasteiger partial charge in [-0.05, 0) is 0 Å². The zero-order valence-electron chi connectivity index (χ0n) is 6.70. The van der Waals surface area contributed by atoms with Crippen molar-refractivity contribution in [3.05, 3.63) is 0 Å². The minimum absolute atomic E-state index is 0.0414. The minimum atomic E-state index is -0.606. The molecule has 12 heavy (non-hydrogen) atoms. The maximum absolute atomic E-state index is 11.1. The number of nitrogens with one attached hydrogen (secondary N) is 1. The highest BCUT2D eigenvalue weighted by Gasteiger charge is 2.20. The van der Waals surface area contributed by atoms with Crippen LogP contribution in [0.2, 0.25) is 0 Å². The van der Waals surface area contributed by atoms with E-state index in [-0.39, 0.29) is 19.1 Å². The summed E-state index contributed by atoms with van der Waals surface area (Å²) in [6, 6.07) is 0. The molecule has 1 saturated heterocycles. The Morgan fingerprint density at radius 2 is 2.58 bits per heavy atom. The first kappa shape index (κ1) is 8.79. The molecule has 0 bridgehead atoms. The molecule has 0 aliphatic carbocycles. The Labute approximate surface area is 69.4 Å². The van der Waals surface area contributed by atoms with Crippen LogP contribution in [0.5, 0.6) is 0 Å². The summed E-state index contributed by atoms with van der Waals surface area (Å²) in [5, 5.41) is 1.18. The van der Waals surface area contributed by atoms with E-state index in [0.717, 1.165) is 0 Å². The van der Waals surface area contributed by atoms with Crippen LogP contribution in [0.4, 0.5) is 4.79 Å². The first-order chi connectivity index (χ1) is 5.74. The highest BCUT2D eigenvalue weighted by Crippen LogP contribution is 1.94. The third-order valence-electron chi connectivity index (χ3n) is 1.34. The predicted octanol–water partition coefficient (Wildman–Crippen LogP) is -0.884. The van der Waals surface area contributed by atoms with Gasteiger partial charge in [-0.25, -0.2) is 15.2 Å². The van der Waals surface area contributed by atoms with Gasteiger partial charge >= 0.3 is 6.09 Å². The normalized spacial score (nSPS) is 16.8. The van der Waals surface area contributed by atoms with Crippen LogP contribution < -0.4 is 5.43 Å². The van der Waals surface area contributed by atoms with Gasteiger partial charge in [-0.3, -0.25) is 4.79 Å². The Morgan fingerprint density at radius 3 is 3.17 bits per heavy atom. The van der Waals surface area contributed by atoms with Crippen LogP contribution in [0.15, 0.2) is 0 Å². The molecule has 6 nitrogen and oxygen atoms in total. The Kier molecular flexibility index (Phi) is 2.87. The molecule has 1 rings (SSSR count). The monoisotopic (exact) mass is 174 g/mol. The highest BCUT2D eigenvalue weighted by molar-refractivity contribution is 5.80. The van der Waals surface area contributed by atoms with Crippen LogP contribution in [-0.2, 0) is 14.3 Å². The zero-order chi connectivity index (χ0) is 8.97. The molecular formula is C6H10N2O4. The summed E-state index contributed by atoms with van der Waals surface area (Å²) in [7, 11) is 1.42. The molecule has 1 heterocycles. The molecule has 0 aromatic carbocycles. The molecule has 0 aromatic rings. The van der Waals surface area contributed by atoms with Crippen LogP contribution in [0, 0.1) is 0 Å². The molecule has 1 aliphatic heterocycles. The fraction of sp³-hybridized carbons (Fsp3) is 0.667. The molecule has 6 heteroatoms. The van der Waals surface area contributed by atoms with Gasteiger partial charge in [-0.15, -0.1) is 0 Å². The predicted molar refractivity (Wildman–Crippen MR) is 38.1 cm³/mol. The summed E-state index contributed by atoms with van der Waals surface area (Å²) in [5.41, 5.74) is 2.24. The van der Waals surface area contributed by atoms with E-state index in [9.17, 15) is 9.59 Å². The lowest BCUT2D eigenvalue weighted by molar-refractivity contribution is -0.140. The van der Waals surface area contributed by atoms with Crippen LogP contribution in [-0.4, -0.2) is 43.9 Å². The van der Waals surface area contributed by atoms with Crippen molar-refractivity contribution >= 4 is 12.0 Å². The number of hydrogen-bond acceptors (Lipinski definition) is 4. The maximum atomic E-state index is 11.1. The average molecular weight is 174 g/mol. The van der Waals surface area contributed by atoms with E-state index < -0.39 is 6.09 Å². The first-order valence-corrected chi connectivity index (χ1v) is 3.46. The molecule has 2 amide bonds. The van der Waals surface area contributed by atoms with E-state index in [0.29, 0.717) is 6.54 Å². The topological polar surface area (TPSA) is 67.9 Å². The Morgan fingerprint density at radius 1 is 1.83 bits per heavy atom. The molecule has 0 unspecified atom stereocenters. The molecular weight excluding hydrogens is 164 g/mol. The summed E-state index contributed by atoms with van der Waals surface area (Å²) in [6.07, 6.45) is -0.606. The van der Waals surface area contributed by atoms with Gasteiger partial charge in [0.1, 0.15) is 13.2 Å². The van der Waals surface area contributed by atoms with Crippen molar-refractivity contribution in [1.82, 2.24) is 10.4 Å². The number of methoxy groups -OCH3 is 1. The summed E-state index contributed by atoms with van der Waals surface area (Å²) < 4.78 is 9.16. The molecule has 1 fully saturated rings. The smallest absolute Gasteiger partial charge is 0.426 e. The van der Waals surface area contributed by atoms with Gasteiger partial charge in [0.25, 0.3) is 5.91 Å². The number of cyclic esters (lactones) is 1. The van der Waals surface area contributed by atoms with Gasteiger partial charge in [0.15, 0.2) is 0 Å². The fourth-order valence-electron chi connectivity index (χ4n) is 0.816. The van der Waals surface area contributed by atoms with Crippen LogP contribution in [0.3, 0.4) is 0 Å². The molecule has 0 aromatic heterocycles. The van der Waals surface area contributed by atoms with E-state index in [1.165, 1.54) is 12.1 Å². The van der Waals surface area contributed by atoms with Gasteiger partial charge in [-0.1, -0.05) is 0 Å². The van der Waals surface area contributed by atoms with E-state index in [4.69, 9.17) is 0 Å². The quantitative estimate of drug-likeness (QED) is 0.590. The third-order valence-corrected chi connectivity index (χ3v) is 1.34. The Balaban J connectivity index is 2.40. The van der Waals surface area contributed by atoms with Gasteiger partial charge in [0.2, 0.25) is 0 Å². The lowest BCUT2D eigenvalue weighted by Crippen LogP contribution is -2.53. The number of hydrogen-bond donors (Lipinski definition) is 1. The lowest BCUT2D eigenvalue weighted by Gasteiger charge is -2.26. The van der Waals surface area contributed by atoms with Crippen molar-refractivity contribution in [2.24, 2.45) is 0 Å². The van der Waals surface area contributed by atoms with E-state index in [1.54, 1.807) is 0 Å². The zero-order valence-corrected chi connectivity index (χ0v) is 6.70. The van der Waals surface area contributed by atoms with E-state index in [2.05, 4.69) is 14.9 Å². The molecule has 0 saturated carbocycles. The second kappa shape index (κ2) is 3.91. The molecule has 68 valence electrons. The molecule has 0 spiro atoms. The summed E-state index contributed by atoms with van der Waals surface area (Å²) in [4.78, 5) is 21.7. The molecule has 0 atom stereocenters. The van der Waals surface area contributed by atoms with Gasteiger partial charge in [-0.2, -0.15) is 0 Å². The van der Waals surface area contributed by atoms with Crippen molar-refractivity contribution in [1.29, 1.82) is 0 Å². The Bertz CT molecular complexity index is 194. The number of carbonyl (C=O) groups is 2. The molecule has 1 aliphatic rings. The number of hydrazine groups is 1.